The van der Waals surface area contributed by atoms with Gasteiger partial charge in [0.25, 0.3) is 5.91 Å². The number of benzene rings is 1. The third-order valence-corrected chi connectivity index (χ3v) is 4.22. The van der Waals surface area contributed by atoms with E-state index in [0.717, 1.165) is 19.5 Å². The van der Waals surface area contributed by atoms with Gasteiger partial charge < -0.3 is 10.1 Å². The van der Waals surface area contributed by atoms with E-state index in [4.69, 9.17) is 4.74 Å². The highest BCUT2D eigenvalue weighted by atomic mass is 16.5. The molecule has 1 amide bonds. The van der Waals surface area contributed by atoms with Crippen molar-refractivity contribution in [2.45, 2.75) is 18.7 Å². The van der Waals surface area contributed by atoms with E-state index >= 15 is 0 Å². The molecule has 3 heterocycles. The zero-order valence-corrected chi connectivity index (χ0v) is 12.2. The third kappa shape index (κ3) is 2.33. The number of fused-ring (bicyclic) bond motifs is 1. The normalized spacial score (nSPS) is 23.9. The van der Waals surface area contributed by atoms with Gasteiger partial charge in [-0.15, -0.1) is 0 Å². The topological polar surface area (TPSA) is 54.5 Å². The lowest BCUT2D eigenvalue weighted by atomic mass is 10.1. The monoisotopic (exact) mass is 295 g/mol. The predicted octanol–water partition coefficient (Wildman–Crippen LogP) is 1.81. The molecule has 1 N–H and O–H groups in total. The lowest BCUT2D eigenvalue weighted by Crippen LogP contribution is -2.57. The van der Waals surface area contributed by atoms with Crippen molar-refractivity contribution in [3.8, 4) is 5.75 Å². The molecule has 1 spiro atoms. The van der Waals surface area contributed by atoms with Gasteiger partial charge in [-0.05, 0) is 23.8 Å². The Labute approximate surface area is 128 Å². The van der Waals surface area contributed by atoms with E-state index in [1.54, 1.807) is 12.3 Å². The Hall–Kier alpha value is -2.40. The lowest BCUT2D eigenvalue weighted by molar-refractivity contribution is 0.0245. The van der Waals surface area contributed by atoms with Crippen LogP contribution in [0.3, 0.4) is 0 Å². The van der Waals surface area contributed by atoms with Crippen LogP contribution in [-0.2, 0) is 6.54 Å². The van der Waals surface area contributed by atoms with Gasteiger partial charge in [-0.3, -0.25) is 14.7 Å². The molecule has 0 radical (unpaired) electrons. The maximum Gasteiger partial charge on any atom is 0.258 e. The fraction of sp³-hybridized carbons (Fsp3) is 0.294. The smallest absolute Gasteiger partial charge is 0.258 e. The largest absolute Gasteiger partial charge is 0.466 e. The quantitative estimate of drug-likeness (QED) is 0.918. The molecule has 1 saturated heterocycles. The number of hydrogen-bond acceptors (Lipinski definition) is 4. The molecular weight excluding hydrogens is 278 g/mol. The number of carbonyl (C=O) groups excluding carboxylic acids is 1. The van der Waals surface area contributed by atoms with Gasteiger partial charge in [-0.25, -0.2) is 0 Å². The predicted molar refractivity (Wildman–Crippen MR) is 81.4 cm³/mol. The molecule has 4 rings (SSSR count). The second kappa shape index (κ2) is 5.10. The average molecular weight is 295 g/mol. The Kier molecular flexibility index (Phi) is 3.08. The maximum absolute atomic E-state index is 12.3. The SMILES string of the molecule is O=C1NC2(CCN(Cc3cccnc3)C2)Oc2ccccc21. The number of pyridine rings is 1. The lowest BCUT2D eigenvalue weighted by Gasteiger charge is -2.36. The van der Waals surface area contributed by atoms with E-state index in [9.17, 15) is 4.79 Å². The molecule has 0 saturated carbocycles. The summed E-state index contributed by atoms with van der Waals surface area (Å²) < 4.78 is 6.13. The molecule has 0 aliphatic carbocycles. The van der Waals surface area contributed by atoms with Crippen molar-refractivity contribution in [2.24, 2.45) is 0 Å². The molecule has 2 aromatic rings. The molecule has 1 fully saturated rings. The van der Waals surface area contributed by atoms with E-state index in [1.165, 1.54) is 5.56 Å². The van der Waals surface area contributed by atoms with Crippen LogP contribution in [0, 0.1) is 0 Å². The standard InChI is InChI=1S/C17H17N3O2/c21-16-14-5-1-2-6-15(14)22-17(19-16)7-9-20(12-17)11-13-4-3-8-18-10-13/h1-6,8,10H,7,9,11-12H2,(H,19,21). The molecule has 1 atom stereocenters. The van der Waals surface area contributed by atoms with Crippen molar-refractivity contribution in [3.05, 3.63) is 59.9 Å². The fourth-order valence-electron chi connectivity index (χ4n) is 3.18. The molecule has 5 nitrogen and oxygen atoms in total. The number of hydrogen-bond donors (Lipinski definition) is 1. The number of nitrogens with zero attached hydrogens (tertiary/aromatic N) is 2. The van der Waals surface area contributed by atoms with Crippen LogP contribution < -0.4 is 10.1 Å². The van der Waals surface area contributed by atoms with E-state index in [2.05, 4.69) is 21.3 Å². The van der Waals surface area contributed by atoms with Crippen LogP contribution in [0.1, 0.15) is 22.3 Å². The summed E-state index contributed by atoms with van der Waals surface area (Å²) in [6, 6.07) is 11.4. The minimum Gasteiger partial charge on any atom is -0.466 e. The summed E-state index contributed by atoms with van der Waals surface area (Å²) in [6.45, 7) is 2.38. The third-order valence-electron chi connectivity index (χ3n) is 4.22. The number of amides is 1. The minimum atomic E-state index is -0.604. The second-order valence-electron chi connectivity index (χ2n) is 5.87. The van der Waals surface area contributed by atoms with E-state index in [0.29, 0.717) is 17.9 Å². The van der Waals surface area contributed by atoms with E-state index in [-0.39, 0.29) is 5.91 Å². The molecule has 2 aliphatic heterocycles. The number of aromatic nitrogens is 1. The molecule has 0 bridgehead atoms. The van der Waals surface area contributed by atoms with Crippen molar-refractivity contribution in [1.29, 1.82) is 0 Å². The van der Waals surface area contributed by atoms with Crippen molar-refractivity contribution in [3.63, 3.8) is 0 Å². The molecule has 1 aromatic carbocycles. The molecule has 22 heavy (non-hydrogen) atoms. The molecule has 1 unspecified atom stereocenters. The molecule has 112 valence electrons. The Morgan fingerprint density at radius 3 is 3.05 bits per heavy atom. The van der Waals surface area contributed by atoms with Gasteiger partial charge >= 0.3 is 0 Å². The highest BCUT2D eigenvalue weighted by Gasteiger charge is 2.45. The highest BCUT2D eigenvalue weighted by Crippen LogP contribution is 2.33. The van der Waals surface area contributed by atoms with Crippen molar-refractivity contribution in [1.82, 2.24) is 15.2 Å². The van der Waals surface area contributed by atoms with Gasteiger partial charge in [0.1, 0.15) is 5.75 Å². The van der Waals surface area contributed by atoms with Crippen LogP contribution >= 0.6 is 0 Å². The molecule has 2 aliphatic rings. The summed E-state index contributed by atoms with van der Waals surface area (Å²) in [5.41, 5.74) is 1.18. The average Bonchev–Trinajstić information content (AvgIpc) is 2.90. The van der Waals surface area contributed by atoms with Crippen LogP contribution in [0.4, 0.5) is 0 Å². The summed E-state index contributed by atoms with van der Waals surface area (Å²) >= 11 is 0. The number of likely N-dealkylation sites (tertiary alicyclic amines) is 1. The van der Waals surface area contributed by atoms with Gasteiger partial charge in [0.05, 0.1) is 12.1 Å². The summed E-state index contributed by atoms with van der Waals surface area (Å²) in [5, 5.41) is 3.05. The Morgan fingerprint density at radius 2 is 2.18 bits per heavy atom. The number of ether oxygens (including phenoxy) is 1. The second-order valence-corrected chi connectivity index (χ2v) is 5.87. The fourth-order valence-corrected chi connectivity index (χ4v) is 3.18. The summed E-state index contributed by atoms with van der Waals surface area (Å²) in [7, 11) is 0. The highest BCUT2D eigenvalue weighted by molar-refractivity contribution is 5.98. The number of carbonyl (C=O) groups is 1. The minimum absolute atomic E-state index is 0.0509. The van der Waals surface area contributed by atoms with Gasteiger partial charge in [0.15, 0.2) is 5.72 Å². The van der Waals surface area contributed by atoms with Crippen molar-refractivity contribution < 1.29 is 9.53 Å². The first-order chi connectivity index (χ1) is 10.7. The molecular formula is C17H17N3O2. The van der Waals surface area contributed by atoms with Crippen LogP contribution in [0.2, 0.25) is 0 Å². The summed E-state index contributed by atoms with van der Waals surface area (Å²) in [6.07, 6.45) is 4.43. The first-order valence-corrected chi connectivity index (χ1v) is 7.46. The first kappa shape index (κ1) is 13.3. The van der Waals surface area contributed by atoms with Crippen LogP contribution in [0.15, 0.2) is 48.8 Å². The van der Waals surface area contributed by atoms with Crippen LogP contribution in [-0.4, -0.2) is 34.6 Å². The molecule has 5 heteroatoms. The summed E-state index contributed by atoms with van der Waals surface area (Å²) in [4.78, 5) is 18.7. The van der Waals surface area contributed by atoms with Crippen molar-refractivity contribution in [2.75, 3.05) is 13.1 Å². The number of nitrogens with one attached hydrogen (secondary N) is 1. The Morgan fingerprint density at radius 1 is 1.27 bits per heavy atom. The van der Waals surface area contributed by atoms with Crippen molar-refractivity contribution >= 4 is 5.91 Å². The van der Waals surface area contributed by atoms with Crippen LogP contribution in [0.25, 0.3) is 0 Å². The zero-order valence-electron chi connectivity index (χ0n) is 12.2. The summed E-state index contributed by atoms with van der Waals surface area (Å²) in [5.74, 6) is 0.625. The Bertz CT molecular complexity index is 704. The van der Waals surface area contributed by atoms with E-state index in [1.807, 2.05) is 30.5 Å². The number of rotatable bonds is 2. The zero-order chi connectivity index (χ0) is 15.0. The van der Waals surface area contributed by atoms with Gasteiger partial charge in [-0.2, -0.15) is 0 Å². The molecule has 1 aromatic heterocycles. The maximum atomic E-state index is 12.3. The number of para-hydroxylation sites is 1. The van der Waals surface area contributed by atoms with Gasteiger partial charge in [0, 0.05) is 31.9 Å². The van der Waals surface area contributed by atoms with Gasteiger partial charge in [-0.1, -0.05) is 18.2 Å². The van der Waals surface area contributed by atoms with Crippen LogP contribution in [0.5, 0.6) is 5.75 Å². The van der Waals surface area contributed by atoms with Gasteiger partial charge in [0.2, 0.25) is 0 Å². The Balaban J connectivity index is 1.52. The first-order valence-electron chi connectivity index (χ1n) is 7.46. The van der Waals surface area contributed by atoms with E-state index < -0.39 is 5.72 Å².